The van der Waals surface area contributed by atoms with Crippen molar-refractivity contribution in [2.45, 2.75) is 13.0 Å². The number of amides is 1. The Kier molecular flexibility index (Phi) is 5.09. The van der Waals surface area contributed by atoms with Crippen molar-refractivity contribution in [3.05, 3.63) is 59.9 Å². The van der Waals surface area contributed by atoms with E-state index in [1.807, 2.05) is 43.3 Å². The summed E-state index contributed by atoms with van der Waals surface area (Å²) in [7, 11) is 1.48. The molecule has 0 saturated carbocycles. The van der Waals surface area contributed by atoms with Crippen LogP contribution in [-0.4, -0.2) is 19.6 Å². The van der Waals surface area contributed by atoms with Gasteiger partial charge in [-0.25, -0.2) is 0 Å². The van der Waals surface area contributed by atoms with Crippen LogP contribution in [0.4, 0.5) is 0 Å². The van der Waals surface area contributed by atoms with Gasteiger partial charge >= 0.3 is 0 Å². The second kappa shape index (κ2) is 7.62. The lowest BCUT2D eigenvalue weighted by atomic mass is 10.2. The predicted octanol–water partition coefficient (Wildman–Crippen LogP) is 3.57. The van der Waals surface area contributed by atoms with Crippen LogP contribution in [0, 0.1) is 11.3 Å². The number of rotatable bonds is 6. The third-order valence-electron chi connectivity index (χ3n) is 3.90. The van der Waals surface area contributed by atoms with Crippen LogP contribution in [-0.2, 0) is 4.79 Å². The van der Waals surface area contributed by atoms with E-state index in [-0.39, 0.29) is 18.6 Å². The second-order valence-electron chi connectivity index (χ2n) is 5.74. The molecule has 2 aromatic carbocycles. The molecule has 3 aromatic rings. The number of nitriles is 1. The SMILES string of the molecule is COc1cc(C#N)ccc1OCC(=O)NC(C)c1cc2ccccc2o1. The first kappa shape index (κ1) is 17.4. The minimum absolute atomic E-state index is 0.174. The van der Waals surface area contributed by atoms with E-state index in [2.05, 4.69) is 5.32 Å². The standard InChI is InChI=1S/C20H18N2O4/c1-13(18-10-15-5-3-4-6-16(15)26-18)22-20(23)12-25-17-8-7-14(11-21)9-19(17)24-2/h3-10,13H,12H2,1-2H3,(H,22,23). The van der Waals surface area contributed by atoms with E-state index in [0.717, 1.165) is 11.0 Å². The summed E-state index contributed by atoms with van der Waals surface area (Å²) in [4.78, 5) is 12.2. The zero-order valence-corrected chi connectivity index (χ0v) is 14.5. The number of nitrogens with zero attached hydrogens (tertiary/aromatic N) is 1. The van der Waals surface area contributed by atoms with Crippen molar-refractivity contribution in [1.82, 2.24) is 5.32 Å². The Hall–Kier alpha value is -3.46. The summed E-state index contributed by atoms with van der Waals surface area (Å²) in [6, 6.07) is 16.1. The summed E-state index contributed by atoms with van der Waals surface area (Å²) >= 11 is 0. The smallest absolute Gasteiger partial charge is 0.258 e. The Morgan fingerprint density at radius 3 is 2.77 bits per heavy atom. The number of fused-ring (bicyclic) bond motifs is 1. The quantitative estimate of drug-likeness (QED) is 0.735. The molecule has 0 fully saturated rings. The highest BCUT2D eigenvalue weighted by atomic mass is 16.5. The number of para-hydroxylation sites is 1. The minimum atomic E-state index is -0.290. The van der Waals surface area contributed by atoms with Gasteiger partial charge in [-0.2, -0.15) is 5.26 Å². The number of hydrogen-bond acceptors (Lipinski definition) is 5. The predicted molar refractivity (Wildman–Crippen MR) is 96.0 cm³/mol. The van der Waals surface area contributed by atoms with Crippen molar-refractivity contribution in [3.63, 3.8) is 0 Å². The van der Waals surface area contributed by atoms with Crippen molar-refractivity contribution in [1.29, 1.82) is 5.26 Å². The molecule has 0 spiro atoms. The monoisotopic (exact) mass is 350 g/mol. The molecule has 0 saturated heterocycles. The van der Waals surface area contributed by atoms with Crippen molar-refractivity contribution in [3.8, 4) is 17.6 Å². The van der Waals surface area contributed by atoms with Crippen LogP contribution >= 0.6 is 0 Å². The molecule has 1 atom stereocenters. The lowest BCUT2D eigenvalue weighted by molar-refractivity contribution is -0.123. The normalized spacial score (nSPS) is 11.6. The fourth-order valence-electron chi connectivity index (χ4n) is 2.57. The van der Waals surface area contributed by atoms with E-state index in [9.17, 15) is 4.79 Å². The van der Waals surface area contributed by atoms with Crippen LogP contribution in [0.15, 0.2) is 52.9 Å². The number of carbonyl (C=O) groups excluding carboxylic acids is 1. The third-order valence-corrected chi connectivity index (χ3v) is 3.90. The lowest BCUT2D eigenvalue weighted by Gasteiger charge is -2.13. The summed E-state index contributed by atoms with van der Waals surface area (Å²) < 4.78 is 16.4. The van der Waals surface area contributed by atoms with Gasteiger partial charge in [0.15, 0.2) is 18.1 Å². The van der Waals surface area contributed by atoms with Crippen molar-refractivity contribution >= 4 is 16.9 Å². The second-order valence-corrected chi connectivity index (χ2v) is 5.74. The number of nitrogens with one attached hydrogen (secondary N) is 1. The molecular formula is C20H18N2O4. The summed E-state index contributed by atoms with van der Waals surface area (Å²) in [5.41, 5.74) is 1.24. The van der Waals surface area contributed by atoms with Gasteiger partial charge in [0, 0.05) is 11.5 Å². The van der Waals surface area contributed by atoms with Crippen LogP contribution in [0.3, 0.4) is 0 Å². The fourth-order valence-corrected chi connectivity index (χ4v) is 2.57. The van der Waals surface area contributed by atoms with Gasteiger partial charge in [-0.15, -0.1) is 0 Å². The van der Waals surface area contributed by atoms with E-state index in [1.54, 1.807) is 18.2 Å². The molecule has 0 aliphatic rings. The summed E-state index contributed by atoms with van der Waals surface area (Å²) in [6.45, 7) is 1.67. The number of benzene rings is 2. The van der Waals surface area contributed by atoms with Gasteiger partial charge in [-0.3, -0.25) is 4.79 Å². The highest BCUT2D eigenvalue weighted by molar-refractivity contribution is 5.80. The Labute approximate surface area is 150 Å². The zero-order chi connectivity index (χ0) is 18.5. The van der Waals surface area contributed by atoms with Crippen molar-refractivity contribution in [2.75, 3.05) is 13.7 Å². The highest BCUT2D eigenvalue weighted by Crippen LogP contribution is 2.28. The Morgan fingerprint density at radius 2 is 2.04 bits per heavy atom. The molecule has 1 unspecified atom stereocenters. The van der Waals surface area contributed by atoms with Crippen LogP contribution in [0.2, 0.25) is 0 Å². The number of hydrogen-bond donors (Lipinski definition) is 1. The Morgan fingerprint density at radius 1 is 1.23 bits per heavy atom. The highest BCUT2D eigenvalue weighted by Gasteiger charge is 2.15. The summed E-state index contributed by atoms with van der Waals surface area (Å²) in [5.74, 6) is 1.19. The van der Waals surface area contributed by atoms with Gasteiger partial charge in [0.25, 0.3) is 5.91 Å². The van der Waals surface area contributed by atoms with Gasteiger partial charge in [0.2, 0.25) is 0 Å². The number of furan rings is 1. The maximum Gasteiger partial charge on any atom is 0.258 e. The molecule has 0 aliphatic heterocycles. The molecule has 1 amide bonds. The molecule has 6 nitrogen and oxygen atoms in total. The number of methoxy groups -OCH3 is 1. The average molecular weight is 350 g/mol. The topological polar surface area (TPSA) is 84.5 Å². The van der Waals surface area contributed by atoms with E-state index in [0.29, 0.717) is 22.8 Å². The molecule has 1 heterocycles. The van der Waals surface area contributed by atoms with E-state index in [4.69, 9.17) is 19.2 Å². The molecule has 3 rings (SSSR count). The van der Waals surface area contributed by atoms with Gasteiger partial charge < -0.3 is 19.2 Å². The van der Waals surface area contributed by atoms with Crippen molar-refractivity contribution < 1.29 is 18.7 Å². The van der Waals surface area contributed by atoms with E-state index >= 15 is 0 Å². The first-order valence-corrected chi connectivity index (χ1v) is 8.09. The first-order chi connectivity index (χ1) is 12.6. The Balaban J connectivity index is 1.61. The van der Waals surface area contributed by atoms with Crippen LogP contribution in [0.5, 0.6) is 11.5 Å². The van der Waals surface area contributed by atoms with E-state index in [1.165, 1.54) is 7.11 Å². The summed E-state index contributed by atoms with van der Waals surface area (Å²) in [5, 5.41) is 12.7. The molecule has 26 heavy (non-hydrogen) atoms. The molecule has 0 bridgehead atoms. The molecule has 0 aliphatic carbocycles. The van der Waals surface area contributed by atoms with Gasteiger partial charge in [-0.05, 0) is 31.2 Å². The maximum atomic E-state index is 12.2. The molecule has 6 heteroatoms. The number of ether oxygens (including phenoxy) is 2. The van der Waals surface area contributed by atoms with Crippen molar-refractivity contribution in [2.24, 2.45) is 0 Å². The molecule has 1 N–H and O–H groups in total. The van der Waals surface area contributed by atoms with Gasteiger partial charge in [0.05, 0.1) is 24.8 Å². The minimum Gasteiger partial charge on any atom is -0.493 e. The van der Waals surface area contributed by atoms with Crippen LogP contribution in [0.25, 0.3) is 11.0 Å². The van der Waals surface area contributed by atoms with Gasteiger partial charge in [0.1, 0.15) is 11.3 Å². The third kappa shape index (κ3) is 3.78. The molecular weight excluding hydrogens is 332 g/mol. The molecule has 132 valence electrons. The van der Waals surface area contributed by atoms with E-state index < -0.39 is 0 Å². The first-order valence-electron chi connectivity index (χ1n) is 8.09. The largest absolute Gasteiger partial charge is 0.493 e. The maximum absolute atomic E-state index is 12.2. The zero-order valence-electron chi connectivity index (χ0n) is 14.5. The number of carbonyl (C=O) groups is 1. The van der Waals surface area contributed by atoms with Gasteiger partial charge in [-0.1, -0.05) is 18.2 Å². The fraction of sp³-hybridized carbons (Fsp3) is 0.200. The molecule has 1 aromatic heterocycles. The Bertz CT molecular complexity index is 938. The summed E-state index contributed by atoms with van der Waals surface area (Å²) in [6.07, 6.45) is 0. The van der Waals surface area contributed by atoms with Crippen LogP contribution in [0.1, 0.15) is 24.3 Å². The van der Waals surface area contributed by atoms with Crippen LogP contribution < -0.4 is 14.8 Å². The lowest BCUT2D eigenvalue weighted by Crippen LogP contribution is -2.31. The average Bonchev–Trinajstić information content (AvgIpc) is 3.10. The molecule has 0 radical (unpaired) electrons.